The zero-order chi connectivity index (χ0) is 15.9. The Balaban J connectivity index is 1.78. The van der Waals surface area contributed by atoms with Gasteiger partial charge in [0.1, 0.15) is 0 Å². The van der Waals surface area contributed by atoms with Gasteiger partial charge in [-0.1, -0.05) is 6.07 Å². The lowest BCUT2D eigenvalue weighted by Crippen LogP contribution is -2.43. The van der Waals surface area contributed by atoms with Gasteiger partial charge in [0, 0.05) is 35.6 Å². The van der Waals surface area contributed by atoms with Gasteiger partial charge >= 0.3 is 0 Å². The highest BCUT2D eigenvalue weighted by Gasteiger charge is 2.51. The minimum absolute atomic E-state index is 0.0101. The molecule has 2 aliphatic carbocycles. The Labute approximate surface area is 126 Å². The van der Waals surface area contributed by atoms with E-state index in [2.05, 4.69) is 5.32 Å². The van der Waals surface area contributed by atoms with Crippen LogP contribution in [0, 0.1) is 33.8 Å². The Morgan fingerprint density at radius 3 is 2.50 bits per heavy atom. The number of carbonyl (C=O) groups is 2. The van der Waals surface area contributed by atoms with Crippen molar-refractivity contribution in [1.29, 1.82) is 0 Å². The summed E-state index contributed by atoms with van der Waals surface area (Å²) in [5.41, 5.74) is 0.182. The molecule has 0 aromatic heterocycles. The van der Waals surface area contributed by atoms with Gasteiger partial charge in [-0.05, 0) is 37.2 Å². The van der Waals surface area contributed by atoms with Gasteiger partial charge in [0.2, 0.25) is 5.91 Å². The molecule has 1 N–H and O–H groups in total. The van der Waals surface area contributed by atoms with E-state index in [1.807, 2.05) is 0 Å². The van der Waals surface area contributed by atoms with Crippen LogP contribution in [0.1, 0.15) is 19.3 Å². The molecule has 116 valence electrons. The second-order valence-corrected chi connectivity index (χ2v) is 6.00. The number of nitro benzene ring substituents is 1. The summed E-state index contributed by atoms with van der Waals surface area (Å²) in [5.74, 6) is -2.85. The number of carbonyl (C=O) groups excluding carboxylic acids is 2. The van der Waals surface area contributed by atoms with Crippen molar-refractivity contribution in [1.82, 2.24) is 0 Å². The number of fused-ring (bicyclic) bond motifs is 2. The van der Waals surface area contributed by atoms with Gasteiger partial charge in [-0.25, -0.2) is 0 Å². The molecular formula is C15H15N2O5-. The second kappa shape index (κ2) is 5.40. The minimum Gasteiger partial charge on any atom is -0.550 e. The van der Waals surface area contributed by atoms with Gasteiger partial charge in [0.15, 0.2) is 0 Å². The van der Waals surface area contributed by atoms with Crippen molar-refractivity contribution in [3.8, 4) is 0 Å². The van der Waals surface area contributed by atoms with Crippen molar-refractivity contribution in [2.24, 2.45) is 23.7 Å². The first-order valence-electron chi connectivity index (χ1n) is 7.23. The molecule has 2 fully saturated rings. The van der Waals surface area contributed by atoms with E-state index in [9.17, 15) is 24.8 Å². The number of amides is 1. The van der Waals surface area contributed by atoms with Gasteiger partial charge in [-0.15, -0.1) is 0 Å². The zero-order valence-electron chi connectivity index (χ0n) is 11.7. The van der Waals surface area contributed by atoms with Crippen LogP contribution in [0.15, 0.2) is 24.3 Å². The van der Waals surface area contributed by atoms with Gasteiger partial charge < -0.3 is 15.2 Å². The highest BCUT2D eigenvalue weighted by atomic mass is 16.6. The molecule has 2 bridgehead atoms. The van der Waals surface area contributed by atoms with E-state index < -0.39 is 22.7 Å². The average Bonchev–Trinajstić information content (AvgIpc) is 3.07. The molecule has 1 aromatic carbocycles. The van der Waals surface area contributed by atoms with Crippen LogP contribution in [0.4, 0.5) is 11.4 Å². The average molecular weight is 303 g/mol. The monoisotopic (exact) mass is 303 g/mol. The number of hydrogen-bond donors (Lipinski definition) is 1. The van der Waals surface area contributed by atoms with Crippen molar-refractivity contribution in [3.05, 3.63) is 34.4 Å². The van der Waals surface area contributed by atoms with E-state index in [1.165, 1.54) is 18.2 Å². The third-order valence-corrected chi connectivity index (χ3v) is 4.82. The lowest BCUT2D eigenvalue weighted by Gasteiger charge is -2.30. The molecule has 4 unspecified atom stereocenters. The molecule has 1 aromatic rings. The Morgan fingerprint density at radius 2 is 1.86 bits per heavy atom. The number of rotatable bonds is 4. The third kappa shape index (κ3) is 2.43. The van der Waals surface area contributed by atoms with Gasteiger partial charge in [-0.3, -0.25) is 14.9 Å². The quantitative estimate of drug-likeness (QED) is 0.657. The van der Waals surface area contributed by atoms with Gasteiger partial charge in [-0.2, -0.15) is 0 Å². The van der Waals surface area contributed by atoms with Crippen LogP contribution in [0.3, 0.4) is 0 Å². The van der Waals surface area contributed by atoms with Crippen LogP contribution in [0.25, 0.3) is 0 Å². The molecule has 3 rings (SSSR count). The fourth-order valence-corrected chi connectivity index (χ4v) is 3.93. The molecule has 0 saturated heterocycles. The van der Waals surface area contributed by atoms with E-state index in [1.54, 1.807) is 6.07 Å². The standard InChI is InChI=1S/C15H16N2O5/c18-14(16-10-2-1-3-11(7-10)17(21)22)12-8-4-5-9(6-8)13(12)15(19)20/h1-3,7-9,12-13H,4-6H2,(H,16,18)(H,19,20)/p-1. The summed E-state index contributed by atoms with van der Waals surface area (Å²) in [6, 6.07) is 5.62. The second-order valence-electron chi connectivity index (χ2n) is 6.00. The van der Waals surface area contributed by atoms with Gasteiger partial charge in [0.25, 0.3) is 5.69 Å². The van der Waals surface area contributed by atoms with Crippen LogP contribution in [0.5, 0.6) is 0 Å². The summed E-state index contributed by atoms with van der Waals surface area (Å²) in [6.07, 6.45) is 2.41. The summed E-state index contributed by atoms with van der Waals surface area (Å²) >= 11 is 0. The number of nitrogens with one attached hydrogen (secondary N) is 1. The number of aliphatic carboxylic acids is 1. The van der Waals surface area contributed by atoms with Crippen molar-refractivity contribution >= 4 is 23.3 Å². The molecule has 22 heavy (non-hydrogen) atoms. The summed E-state index contributed by atoms with van der Waals surface area (Å²) in [7, 11) is 0. The number of nitrogens with zero attached hydrogens (tertiary/aromatic N) is 1. The number of carboxylic acid groups (broad SMARTS) is 1. The normalized spacial score (nSPS) is 29.3. The van der Waals surface area contributed by atoms with Crippen LogP contribution in [-0.2, 0) is 9.59 Å². The Kier molecular flexibility index (Phi) is 3.56. The highest BCUT2D eigenvalue weighted by molar-refractivity contribution is 5.96. The molecule has 2 saturated carbocycles. The lowest BCUT2D eigenvalue weighted by atomic mass is 9.78. The molecule has 0 aliphatic heterocycles. The van der Waals surface area contributed by atoms with Gasteiger partial charge in [0.05, 0.1) is 4.92 Å². The Bertz CT molecular complexity index is 645. The van der Waals surface area contributed by atoms with Crippen molar-refractivity contribution < 1.29 is 19.6 Å². The number of non-ortho nitro benzene ring substituents is 1. The molecule has 7 heteroatoms. The first-order chi connectivity index (χ1) is 10.5. The smallest absolute Gasteiger partial charge is 0.271 e. The third-order valence-electron chi connectivity index (χ3n) is 4.82. The first-order valence-corrected chi connectivity index (χ1v) is 7.23. The van der Waals surface area contributed by atoms with E-state index in [4.69, 9.17) is 0 Å². The van der Waals surface area contributed by atoms with Crippen LogP contribution in [0.2, 0.25) is 0 Å². The summed E-state index contributed by atoms with van der Waals surface area (Å²) < 4.78 is 0. The molecular weight excluding hydrogens is 288 g/mol. The van der Waals surface area contributed by atoms with E-state index in [-0.39, 0.29) is 23.4 Å². The highest BCUT2D eigenvalue weighted by Crippen LogP contribution is 2.52. The van der Waals surface area contributed by atoms with E-state index >= 15 is 0 Å². The summed E-state index contributed by atoms with van der Waals surface area (Å²) in [5, 5.41) is 24.7. The first kappa shape index (κ1) is 14.5. The number of hydrogen-bond acceptors (Lipinski definition) is 5. The van der Waals surface area contributed by atoms with E-state index in [0.29, 0.717) is 5.69 Å². The Morgan fingerprint density at radius 1 is 1.18 bits per heavy atom. The fraction of sp³-hybridized carbons (Fsp3) is 0.467. The number of nitro groups is 1. The SMILES string of the molecule is O=C([O-])C1C2CCC(C2)C1C(=O)Nc1cccc([N+](=O)[O-])c1. The molecule has 7 nitrogen and oxygen atoms in total. The van der Waals surface area contributed by atoms with Crippen LogP contribution >= 0.6 is 0 Å². The van der Waals surface area contributed by atoms with E-state index in [0.717, 1.165) is 19.3 Å². The molecule has 0 heterocycles. The van der Waals surface area contributed by atoms with Crippen molar-refractivity contribution in [2.45, 2.75) is 19.3 Å². The lowest BCUT2D eigenvalue weighted by molar-refractivity contribution is -0.384. The maximum atomic E-state index is 12.4. The largest absolute Gasteiger partial charge is 0.550 e. The van der Waals surface area contributed by atoms with Crippen molar-refractivity contribution in [3.63, 3.8) is 0 Å². The fourth-order valence-electron chi connectivity index (χ4n) is 3.93. The van der Waals surface area contributed by atoms with Crippen molar-refractivity contribution in [2.75, 3.05) is 5.32 Å². The number of anilines is 1. The topological polar surface area (TPSA) is 112 Å². The summed E-state index contributed by atoms with van der Waals surface area (Å²) in [4.78, 5) is 34.0. The minimum atomic E-state index is -1.17. The molecule has 2 aliphatic rings. The Hall–Kier alpha value is -2.44. The predicted molar refractivity (Wildman–Crippen MR) is 74.5 cm³/mol. The number of carboxylic acids is 1. The van der Waals surface area contributed by atoms with Crippen LogP contribution in [-0.4, -0.2) is 16.8 Å². The molecule has 0 radical (unpaired) electrons. The predicted octanol–water partition coefficient (Wildman–Crippen LogP) is 0.945. The maximum Gasteiger partial charge on any atom is 0.271 e. The number of benzene rings is 1. The summed E-state index contributed by atoms with van der Waals surface area (Å²) in [6.45, 7) is 0. The maximum absolute atomic E-state index is 12.4. The van der Waals surface area contributed by atoms with Crippen LogP contribution < -0.4 is 10.4 Å². The zero-order valence-corrected chi connectivity index (χ0v) is 11.7. The molecule has 0 spiro atoms. The molecule has 4 atom stereocenters. The molecule has 1 amide bonds.